The SMILES string of the molecule is CNC(=O)c1nn(CN(Cc2ccccc2)C(C)C)c(=O)c2ccccc12. The molecule has 0 saturated heterocycles. The van der Waals surface area contributed by atoms with Crippen molar-refractivity contribution in [1.29, 1.82) is 0 Å². The van der Waals surface area contributed by atoms with Gasteiger partial charge >= 0.3 is 0 Å². The van der Waals surface area contributed by atoms with Crippen LogP contribution in [0.15, 0.2) is 59.4 Å². The van der Waals surface area contributed by atoms with E-state index in [1.54, 1.807) is 31.3 Å². The standard InChI is InChI=1S/C21H24N4O2/c1-15(2)24(13-16-9-5-4-6-10-16)14-25-21(27)18-12-8-7-11-17(18)19(23-25)20(26)22-3/h4-12,15H,13-14H2,1-3H3,(H,22,26). The van der Waals surface area contributed by atoms with E-state index in [-0.39, 0.29) is 23.2 Å². The van der Waals surface area contributed by atoms with E-state index >= 15 is 0 Å². The minimum absolute atomic E-state index is 0.197. The molecule has 2 aromatic carbocycles. The average Bonchev–Trinajstić information content (AvgIpc) is 2.69. The van der Waals surface area contributed by atoms with Gasteiger partial charge in [0.2, 0.25) is 0 Å². The van der Waals surface area contributed by atoms with Gasteiger partial charge in [0.1, 0.15) is 0 Å². The van der Waals surface area contributed by atoms with Crippen LogP contribution in [-0.2, 0) is 13.2 Å². The van der Waals surface area contributed by atoms with Gasteiger partial charge in [-0.2, -0.15) is 5.10 Å². The van der Waals surface area contributed by atoms with Gasteiger partial charge in [-0.3, -0.25) is 14.5 Å². The molecule has 0 atom stereocenters. The van der Waals surface area contributed by atoms with Crippen LogP contribution in [0.5, 0.6) is 0 Å². The first kappa shape index (κ1) is 18.8. The minimum Gasteiger partial charge on any atom is -0.354 e. The molecule has 0 bridgehead atoms. The summed E-state index contributed by atoms with van der Waals surface area (Å²) < 4.78 is 1.38. The second-order valence-electron chi connectivity index (χ2n) is 6.75. The predicted molar refractivity (Wildman–Crippen MR) is 107 cm³/mol. The maximum atomic E-state index is 12.9. The maximum Gasteiger partial charge on any atom is 0.275 e. The van der Waals surface area contributed by atoms with E-state index < -0.39 is 0 Å². The number of hydrogen-bond donors (Lipinski definition) is 1. The largest absolute Gasteiger partial charge is 0.354 e. The van der Waals surface area contributed by atoms with Crippen molar-refractivity contribution < 1.29 is 4.79 Å². The Morgan fingerprint density at radius 2 is 1.70 bits per heavy atom. The van der Waals surface area contributed by atoms with Gasteiger partial charge in [-0.15, -0.1) is 0 Å². The van der Waals surface area contributed by atoms with E-state index in [1.165, 1.54) is 4.68 Å². The third kappa shape index (κ3) is 4.06. The monoisotopic (exact) mass is 364 g/mol. The van der Waals surface area contributed by atoms with Crippen molar-refractivity contribution in [2.24, 2.45) is 0 Å². The molecule has 0 fully saturated rings. The van der Waals surface area contributed by atoms with Crippen molar-refractivity contribution in [2.45, 2.75) is 33.1 Å². The molecule has 1 N–H and O–H groups in total. The lowest BCUT2D eigenvalue weighted by Crippen LogP contribution is -2.38. The fourth-order valence-electron chi connectivity index (χ4n) is 3.00. The van der Waals surface area contributed by atoms with Crippen LogP contribution >= 0.6 is 0 Å². The molecule has 6 heteroatoms. The van der Waals surface area contributed by atoms with Crippen molar-refractivity contribution in [3.63, 3.8) is 0 Å². The molecule has 0 aliphatic rings. The Hall–Kier alpha value is -2.99. The molecule has 0 saturated carbocycles. The number of amides is 1. The van der Waals surface area contributed by atoms with Crippen LogP contribution in [-0.4, -0.2) is 33.7 Å². The molecule has 0 unspecified atom stereocenters. The highest BCUT2D eigenvalue weighted by molar-refractivity contribution is 6.04. The fraction of sp³-hybridized carbons (Fsp3) is 0.286. The summed E-state index contributed by atoms with van der Waals surface area (Å²) in [4.78, 5) is 27.4. The Morgan fingerprint density at radius 3 is 2.33 bits per heavy atom. The van der Waals surface area contributed by atoms with Crippen molar-refractivity contribution in [2.75, 3.05) is 7.05 Å². The predicted octanol–water partition coefficient (Wildman–Crippen LogP) is 2.62. The summed E-state index contributed by atoms with van der Waals surface area (Å²) in [5.41, 5.74) is 1.22. The number of aromatic nitrogens is 2. The van der Waals surface area contributed by atoms with Gasteiger partial charge in [0.25, 0.3) is 11.5 Å². The number of carbonyl (C=O) groups is 1. The quantitative estimate of drug-likeness (QED) is 0.730. The van der Waals surface area contributed by atoms with E-state index in [0.29, 0.717) is 24.0 Å². The highest BCUT2D eigenvalue weighted by Crippen LogP contribution is 2.14. The number of fused-ring (bicyclic) bond motifs is 1. The van der Waals surface area contributed by atoms with E-state index in [9.17, 15) is 9.59 Å². The van der Waals surface area contributed by atoms with Gasteiger partial charge in [-0.1, -0.05) is 48.5 Å². The molecule has 0 radical (unpaired) electrons. The van der Waals surface area contributed by atoms with Gasteiger partial charge in [0.05, 0.1) is 12.1 Å². The Labute approximate surface area is 158 Å². The highest BCUT2D eigenvalue weighted by atomic mass is 16.2. The average molecular weight is 364 g/mol. The van der Waals surface area contributed by atoms with Crippen molar-refractivity contribution in [3.8, 4) is 0 Å². The molecule has 27 heavy (non-hydrogen) atoms. The third-order valence-electron chi connectivity index (χ3n) is 4.58. The number of benzene rings is 2. The molecule has 0 aliphatic carbocycles. The third-order valence-corrected chi connectivity index (χ3v) is 4.58. The zero-order valence-electron chi connectivity index (χ0n) is 15.8. The first-order valence-electron chi connectivity index (χ1n) is 9.01. The zero-order valence-corrected chi connectivity index (χ0v) is 15.8. The minimum atomic E-state index is -0.306. The molecule has 6 nitrogen and oxygen atoms in total. The lowest BCUT2D eigenvalue weighted by Gasteiger charge is -2.27. The first-order chi connectivity index (χ1) is 13.0. The summed E-state index contributed by atoms with van der Waals surface area (Å²) in [6.07, 6.45) is 0. The summed E-state index contributed by atoms with van der Waals surface area (Å²) >= 11 is 0. The normalized spacial score (nSPS) is 11.3. The van der Waals surface area contributed by atoms with Crippen molar-refractivity contribution in [1.82, 2.24) is 20.0 Å². The number of rotatable bonds is 6. The fourth-order valence-corrected chi connectivity index (χ4v) is 3.00. The Bertz CT molecular complexity index is 996. The highest BCUT2D eigenvalue weighted by Gasteiger charge is 2.18. The summed E-state index contributed by atoms with van der Waals surface area (Å²) in [5, 5.41) is 8.05. The summed E-state index contributed by atoms with van der Waals surface area (Å²) in [6.45, 7) is 5.15. The van der Waals surface area contributed by atoms with Crippen LogP contribution in [0.25, 0.3) is 10.8 Å². The zero-order chi connectivity index (χ0) is 19.4. The van der Waals surface area contributed by atoms with Gasteiger partial charge in [-0.25, -0.2) is 4.68 Å². The van der Waals surface area contributed by atoms with Gasteiger partial charge in [0.15, 0.2) is 5.69 Å². The molecule has 1 amide bonds. The summed E-state index contributed by atoms with van der Waals surface area (Å²) in [5.74, 6) is -0.306. The lowest BCUT2D eigenvalue weighted by molar-refractivity contribution is 0.0953. The Kier molecular flexibility index (Phi) is 5.66. The lowest BCUT2D eigenvalue weighted by atomic mass is 10.1. The molecule has 140 valence electrons. The van der Waals surface area contributed by atoms with Crippen LogP contribution < -0.4 is 10.9 Å². The van der Waals surface area contributed by atoms with Gasteiger partial charge < -0.3 is 5.32 Å². The molecule has 0 spiro atoms. The smallest absolute Gasteiger partial charge is 0.275 e. The molecule has 1 heterocycles. The number of nitrogens with zero attached hydrogens (tertiary/aromatic N) is 3. The van der Waals surface area contributed by atoms with Crippen LogP contribution in [0.2, 0.25) is 0 Å². The van der Waals surface area contributed by atoms with Gasteiger partial charge in [0, 0.05) is 25.0 Å². The molecule has 3 aromatic rings. The Balaban J connectivity index is 2.03. The van der Waals surface area contributed by atoms with Crippen LogP contribution in [0.4, 0.5) is 0 Å². The van der Waals surface area contributed by atoms with E-state index in [0.717, 1.165) is 5.56 Å². The Morgan fingerprint density at radius 1 is 1.07 bits per heavy atom. The van der Waals surface area contributed by atoms with E-state index in [1.807, 2.05) is 18.2 Å². The molecule has 3 rings (SSSR count). The molecular weight excluding hydrogens is 340 g/mol. The second kappa shape index (κ2) is 8.14. The number of hydrogen-bond acceptors (Lipinski definition) is 4. The topological polar surface area (TPSA) is 67.2 Å². The van der Waals surface area contributed by atoms with E-state index in [4.69, 9.17) is 0 Å². The van der Waals surface area contributed by atoms with Crippen LogP contribution in [0.1, 0.15) is 29.9 Å². The van der Waals surface area contributed by atoms with Crippen LogP contribution in [0, 0.1) is 0 Å². The van der Waals surface area contributed by atoms with Gasteiger partial charge in [-0.05, 0) is 25.5 Å². The number of nitrogens with one attached hydrogen (secondary N) is 1. The second-order valence-corrected chi connectivity index (χ2v) is 6.75. The van der Waals surface area contributed by atoms with Crippen LogP contribution in [0.3, 0.4) is 0 Å². The maximum absolute atomic E-state index is 12.9. The summed E-state index contributed by atoms with van der Waals surface area (Å²) in [6, 6.07) is 17.4. The number of carbonyl (C=O) groups excluding carboxylic acids is 1. The van der Waals surface area contributed by atoms with Crippen molar-refractivity contribution in [3.05, 3.63) is 76.2 Å². The molecule has 0 aliphatic heterocycles. The first-order valence-corrected chi connectivity index (χ1v) is 9.01. The molecule has 1 aromatic heterocycles. The molecular formula is C21H24N4O2. The summed E-state index contributed by atoms with van der Waals surface area (Å²) in [7, 11) is 1.56. The van der Waals surface area contributed by atoms with Crippen molar-refractivity contribution >= 4 is 16.7 Å². The van der Waals surface area contributed by atoms with E-state index in [2.05, 4.69) is 41.3 Å².